The summed E-state index contributed by atoms with van der Waals surface area (Å²) in [7, 11) is 3.47. The van der Waals surface area contributed by atoms with Crippen LogP contribution in [0.15, 0.2) is 4.99 Å². The molecule has 0 aromatic rings. The van der Waals surface area contributed by atoms with Gasteiger partial charge in [0.25, 0.3) is 0 Å². The highest BCUT2D eigenvalue weighted by molar-refractivity contribution is 14.0. The van der Waals surface area contributed by atoms with Gasteiger partial charge in [-0.25, -0.2) is 0 Å². The Morgan fingerprint density at radius 2 is 1.89 bits per heavy atom. The molecule has 0 aliphatic heterocycles. The lowest BCUT2D eigenvalue weighted by atomic mass is 10.1. The molecule has 0 rings (SSSR count). The molecule has 0 bridgehead atoms. The molecule has 0 aliphatic rings. The summed E-state index contributed by atoms with van der Waals surface area (Å²) in [5, 5.41) is 9.91. The van der Waals surface area contributed by atoms with E-state index in [2.05, 4.69) is 48.6 Å². The van der Waals surface area contributed by atoms with E-state index in [9.17, 15) is 0 Å². The molecular weight excluding hydrogens is 343 g/mol. The van der Waals surface area contributed by atoms with Crippen molar-refractivity contribution in [3.05, 3.63) is 0 Å². The summed E-state index contributed by atoms with van der Waals surface area (Å²) < 4.78 is 5.06. The topological polar surface area (TPSA) is 57.7 Å². The number of methoxy groups -OCH3 is 1. The Hall–Kier alpha value is -0.0800. The second kappa shape index (κ2) is 10.8. The molecule has 0 fully saturated rings. The van der Waals surface area contributed by atoms with Crippen molar-refractivity contribution in [3.8, 4) is 0 Å². The zero-order valence-corrected chi connectivity index (χ0v) is 14.8. The zero-order chi connectivity index (χ0) is 13.3. The van der Waals surface area contributed by atoms with E-state index in [4.69, 9.17) is 4.74 Å². The Kier molecular flexibility index (Phi) is 12.2. The Morgan fingerprint density at radius 3 is 2.33 bits per heavy atom. The number of guanidine groups is 1. The van der Waals surface area contributed by atoms with Crippen molar-refractivity contribution in [3.63, 3.8) is 0 Å². The number of nitrogens with one attached hydrogen (secondary N) is 3. The van der Waals surface area contributed by atoms with Gasteiger partial charge in [-0.1, -0.05) is 0 Å². The molecule has 3 N–H and O–H groups in total. The first-order valence-corrected chi connectivity index (χ1v) is 6.10. The highest BCUT2D eigenvalue weighted by Crippen LogP contribution is 1.96. The number of hydrogen-bond donors (Lipinski definition) is 3. The van der Waals surface area contributed by atoms with Gasteiger partial charge in [-0.3, -0.25) is 4.99 Å². The molecule has 0 radical (unpaired) electrons. The van der Waals surface area contributed by atoms with Crippen LogP contribution in [-0.2, 0) is 4.74 Å². The third-order valence-corrected chi connectivity index (χ3v) is 2.10. The van der Waals surface area contributed by atoms with Crippen LogP contribution in [0, 0.1) is 0 Å². The molecule has 0 aromatic heterocycles. The van der Waals surface area contributed by atoms with Gasteiger partial charge >= 0.3 is 0 Å². The second-order valence-electron chi connectivity index (χ2n) is 5.18. The van der Waals surface area contributed by atoms with Crippen molar-refractivity contribution in [1.29, 1.82) is 0 Å². The lowest BCUT2D eigenvalue weighted by Gasteiger charge is -2.22. The fourth-order valence-corrected chi connectivity index (χ4v) is 1.34. The van der Waals surface area contributed by atoms with E-state index in [1.807, 2.05) is 0 Å². The molecule has 0 amide bonds. The largest absolute Gasteiger partial charge is 0.383 e. The summed E-state index contributed by atoms with van der Waals surface area (Å²) in [6.45, 7) is 10.9. The van der Waals surface area contributed by atoms with Gasteiger partial charge < -0.3 is 20.7 Å². The van der Waals surface area contributed by atoms with E-state index in [-0.39, 0.29) is 35.6 Å². The van der Waals surface area contributed by atoms with E-state index in [1.165, 1.54) is 0 Å². The van der Waals surface area contributed by atoms with Crippen LogP contribution < -0.4 is 16.0 Å². The van der Waals surface area contributed by atoms with Crippen LogP contribution in [0.3, 0.4) is 0 Å². The van der Waals surface area contributed by atoms with Crippen LogP contribution in [-0.4, -0.2) is 51.4 Å². The SMILES string of the molecule is CN=C(NCCNC(C)(C)C)NC(C)COC.I. The maximum Gasteiger partial charge on any atom is 0.191 e. The number of rotatable bonds is 6. The molecule has 0 aliphatic carbocycles. The maximum absolute atomic E-state index is 5.06. The van der Waals surface area contributed by atoms with Crippen molar-refractivity contribution < 1.29 is 4.74 Å². The van der Waals surface area contributed by atoms with E-state index in [0.717, 1.165) is 19.0 Å². The number of nitrogens with zero attached hydrogens (tertiary/aromatic N) is 1. The molecule has 0 saturated heterocycles. The Labute approximate surface area is 129 Å². The summed E-state index contributed by atoms with van der Waals surface area (Å²) in [4.78, 5) is 4.16. The first kappa shape index (κ1) is 20.2. The second-order valence-corrected chi connectivity index (χ2v) is 5.18. The summed E-state index contributed by atoms with van der Waals surface area (Å²) in [6.07, 6.45) is 0. The number of ether oxygens (including phenoxy) is 1. The van der Waals surface area contributed by atoms with Gasteiger partial charge in [-0.05, 0) is 27.7 Å². The summed E-state index contributed by atoms with van der Waals surface area (Å²) in [5.74, 6) is 0.810. The summed E-state index contributed by atoms with van der Waals surface area (Å²) >= 11 is 0. The fourth-order valence-electron chi connectivity index (χ4n) is 1.34. The molecule has 0 spiro atoms. The van der Waals surface area contributed by atoms with E-state index in [0.29, 0.717) is 6.61 Å². The van der Waals surface area contributed by atoms with Crippen LogP contribution >= 0.6 is 24.0 Å². The van der Waals surface area contributed by atoms with Crippen LogP contribution in [0.25, 0.3) is 0 Å². The number of hydrogen-bond acceptors (Lipinski definition) is 3. The molecule has 0 heterocycles. The van der Waals surface area contributed by atoms with E-state index >= 15 is 0 Å². The molecule has 18 heavy (non-hydrogen) atoms. The van der Waals surface area contributed by atoms with Crippen LogP contribution in [0.2, 0.25) is 0 Å². The Morgan fingerprint density at radius 1 is 1.28 bits per heavy atom. The third kappa shape index (κ3) is 12.4. The highest BCUT2D eigenvalue weighted by atomic mass is 127. The average Bonchev–Trinajstić information content (AvgIpc) is 2.21. The van der Waals surface area contributed by atoms with Gasteiger partial charge in [0, 0.05) is 38.8 Å². The van der Waals surface area contributed by atoms with E-state index in [1.54, 1.807) is 14.2 Å². The zero-order valence-electron chi connectivity index (χ0n) is 12.5. The lowest BCUT2D eigenvalue weighted by molar-refractivity contribution is 0.179. The molecular formula is C12H29IN4O. The predicted molar refractivity (Wildman–Crippen MR) is 89.0 cm³/mol. The van der Waals surface area contributed by atoms with Gasteiger partial charge in [-0.15, -0.1) is 24.0 Å². The van der Waals surface area contributed by atoms with Crippen molar-refractivity contribution in [2.75, 3.05) is 33.9 Å². The van der Waals surface area contributed by atoms with Crippen LogP contribution in [0.5, 0.6) is 0 Å². The van der Waals surface area contributed by atoms with E-state index < -0.39 is 0 Å². The van der Waals surface area contributed by atoms with Crippen LogP contribution in [0.1, 0.15) is 27.7 Å². The molecule has 1 atom stereocenters. The highest BCUT2D eigenvalue weighted by Gasteiger charge is 2.08. The first-order valence-electron chi connectivity index (χ1n) is 6.10. The smallest absolute Gasteiger partial charge is 0.191 e. The molecule has 5 nitrogen and oxygen atoms in total. The van der Waals surface area contributed by atoms with Crippen molar-refractivity contribution in [1.82, 2.24) is 16.0 Å². The minimum Gasteiger partial charge on any atom is -0.383 e. The quantitative estimate of drug-likeness (QED) is 0.284. The van der Waals surface area contributed by atoms with Crippen molar-refractivity contribution >= 4 is 29.9 Å². The maximum atomic E-state index is 5.06. The third-order valence-electron chi connectivity index (χ3n) is 2.10. The first-order chi connectivity index (χ1) is 7.89. The van der Waals surface area contributed by atoms with Crippen molar-refractivity contribution in [2.24, 2.45) is 4.99 Å². The predicted octanol–water partition coefficient (Wildman–Crippen LogP) is 1.19. The standard InChI is InChI=1S/C12H28N4O.HI/c1-10(9-17-6)16-11(13-5)14-7-8-15-12(2,3)4;/h10,15H,7-9H2,1-6H3,(H2,13,14,16);1H. The molecule has 110 valence electrons. The minimum atomic E-state index is 0. The van der Waals surface area contributed by atoms with Gasteiger partial charge in [0.2, 0.25) is 0 Å². The summed E-state index contributed by atoms with van der Waals surface area (Å²) in [5.41, 5.74) is 0.155. The van der Waals surface area contributed by atoms with Gasteiger partial charge in [0.1, 0.15) is 0 Å². The Bertz CT molecular complexity index is 229. The number of aliphatic imine (C=N–C) groups is 1. The Balaban J connectivity index is 0. The normalized spacial score (nSPS) is 13.8. The summed E-state index contributed by atoms with van der Waals surface area (Å²) in [6, 6.07) is 0.252. The fraction of sp³-hybridized carbons (Fsp3) is 0.917. The average molecular weight is 372 g/mol. The van der Waals surface area contributed by atoms with Gasteiger partial charge in [0.05, 0.1) is 6.61 Å². The molecule has 0 aromatic carbocycles. The minimum absolute atomic E-state index is 0. The molecule has 6 heteroatoms. The lowest BCUT2D eigenvalue weighted by Crippen LogP contribution is -2.47. The van der Waals surface area contributed by atoms with Gasteiger partial charge in [-0.2, -0.15) is 0 Å². The van der Waals surface area contributed by atoms with Gasteiger partial charge in [0.15, 0.2) is 5.96 Å². The number of halogens is 1. The van der Waals surface area contributed by atoms with Crippen LogP contribution in [0.4, 0.5) is 0 Å². The molecule has 0 saturated carbocycles. The monoisotopic (exact) mass is 372 g/mol. The molecule has 1 unspecified atom stereocenters. The van der Waals surface area contributed by atoms with Crippen molar-refractivity contribution in [2.45, 2.75) is 39.3 Å².